The number of hydrogen-bond donors (Lipinski definition) is 0. The van der Waals surface area contributed by atoms with Gasteiger partial charge in [0.2, 0.25) is 0 Å². The van der Waals surface area contributed by atoms with E-state index in [4.69, 9.17) is 0 Å². The van der Waals surface area contributed by atoms with Crippen molar-refractivity contribution in [3.63, 3.8) is 0 Å². The molecule has 1 nitrogen and oxygen atoms in total. The van der Waals surface area contributed by atoms with Gasteiger partial charge in [0, 0.05) is 22.7 Å². The minimum Gasteiger partial charge on any atom is -0.612 e. The third-order valence-corrected chi connectivity index (χ3v) is 4.17. The highest BCUT2D eigenvalue weighted by molar-refractivity contribution is 7.90. The van der Waals surface area contributed by atoms with Gasteiger partial charge in [-0.05, 0) is 16.7 Å². The lowest BCUT2D eigenvalue weighted by molar-refractivity contribution is 0.601. The van der Waals surface area contributed by atoms with Crippen molar-refractivity contribution in [3.8, 4) is 0 Å². The van der Waals surface area contributed by atoms with Gasteiger partial charge in [-0.2, -0.15) is 0 Å². The van der Waals surface area contributed by atoms with Gasteiger partial charge in [0.1, 0.15) is 6.26 Å². The van der Waals surface area contributed by atoms with E-state index in [1.54, 1.807) is 17.6 Å². The van der Waals surface area contributed by atoms with Crippen molar-refractivity contribution in [1.29, 1.82) is 0 Å². The molecule has 78 valence electrons. The first-order chi connectivity index (χ1) is 7.25. The Labute approximate surface area is 97.0 Å². The summed E-state index contributed by atoms with van der Waals surface area (Å²) in [6.07, 6.45) is 2.65. The van der Waals surface area contributed by atoms with Gasteiger partial charge in [-0.1, -0.05) is 30.3 Å². The lowest BCUT2D eigenvalue weighted by Crippen LogP contribution is -1.93. The summed E-state index contributed by atoms with van der Waals surface area (Å²) in [7, 11) is 0. The van der Waals surface area contributed by atoms with E-state index < -0.39 is 11.2 Å². The Morgan fingerprint density at radius 1 is 1.27 bits per heavy atom. The summed E-state index contributed by atoms with van der Waals surface area (Å²) in [6.45, 7) is 0. The Bertz CT molecular complexity index is 420. The number of thiophene rings is 1. The Hall–Kier alpha value is -0.770. The third kappa shape index (κ3) is 2.84. The molecule has 0 fully saturated rings. The SMILES string of the molecule is C[S+]([O-])c1csc(Cc2ccccc2)c1. The molecule has 0 aliphatic heterocycles. The van der Waals surface area contributed by atoms with Gasteiger partial charge in [-0.25, -0.2) is 0 Å². The van der Waals surface area contributed by atoms with Crippen molar-refractivity contribution in [2.75, 3.05) is 6.26 Å². The van der Waals surface area contributed by atoms with Crippen LogP contribution < -0.4 is 0 Å². The van der Waals surface area contributed by atoms with E-state index in [9.17, 15) is 4.55 Å². The predicted octanol–water partition coefficient (Wildman–Crippen LogP) is 3.08. The highest BCUT2D eigenvalue weighted by Gasteiger charge is 2.07. The Morgan fingerprint density at radius 3 is 2.60 bits per heavy atom. The molecule has 1 aromatic heterocycles. The van der Waals surface area contributed by atoms with Gasteiger partial charge in [0.15, 0.2) is 4.90 Å². The molecular formula is C12H12OS2. The minimum atomic E-state index is -0.856. The molecule has 1 aromatic carbocycles. The van der Waals surface area contributed by atoms with Gasteiger partial charge in [-0.15, -0.1) is 11.3 Å². The Morgan fingerprint density at radius 2 is 2.00 bits per heavy atom. The van der Waals surface area contributed by atoms with Crippen LogP contribution in [0.1, 0.15) is 10.4 Å². The minimum absolute atomic E-state index is 0.856. The molecule has 0 aliphatic rings. The molecule has 0 N–H and O–H groups in total. The molecule has 0 amide bonds. The number of rotatable bonds is 3. The highest BCUT2D eigenvalue weighted by Crippen LogP contribution is 2.21. The zero-order chi connectivity index (χ0) is 10.7. The zero-order valence-electron chi connectivity index (χ0n) is 8.47. The monoisotopic (exact) mass is 236 g/mol. The molecule has 2 aromatic rings. The second-order valence-corrected chi connectivity index (χ2v) is 5.74. The molecule has 1 unspecified atom stereocenters. The second kappa shape index (κ2) is 4.84. The standard InChI is InChI=1S/C12H12OS2/c1-15(13)12-8-11(14-9-12)7-10-5-3-2-4-6-10/h2-6,8-9H,7H2,1H3. The highest BCUT2D eigenvalue weighted by atomic mass is 32.2. The maximum absolute atomic E-state index is 11.2. The van der Waals surface area contributed by atoms with E-state index in [1.165, 1.54) is 10.4 Å². The van der Waals surface area contributed by atoms with Crippen LogP contribution in [0.25, 0.3) is 0 Å². The van der Waals surface area contributed by atoms with Gasteiger partial charge in [0.25, 0.3) is 0 Å². The van der Waals surface area contributed by atoms with Crippen LogP contribution in [0.2, 0.25) is 0 Å². The van der Waals surface area contributed by atoms with Crippen molar-refractivity contribution in [3.05, 3.63) is 52.2 Å². The van der Waals surface area contributed by atoms with E-state index in [-0.39, 0.29) is 0 Å². The molecular weight excluding hydrogens is 224 g/mol. The van der Waals surface area contributed by atoms with E-state index in [2.05, 4.69) is 12.1 Å². The summed E-state index contributed by atoms with van der Waals surface area (Å²) in [5.41, 5.74) is 1.30. The molecule has 3 heteroatoms. The van der Waals surface area contributed by atoms with Gasteiger partial charge in [0.05, 0.1) is 0 Å². The normalized spacial score (nSPS) is 12.7. The molecule has 0 saturated carbocycles. The average Bonchev–Trinajstić information content (AvgIpc) is 2.68. The fourth-order valence-electron chi connectivity index (χ4n) is 1.40. The summed E-state index contributed by atoms with van der Waals surface area (Å²) in [6, 6.07) is 12.4. The molecule has 2 rings (SSSR count). The van der Waals surface area contributed by atoms with Crippen molar-refractivity contribution in [1.82, 2.24) is 0 Å². The molecule has 15 heavy (non-hydrogen) atoms. The summed E-state index contributed by atoms with van der Waals surface area (Å²) in [4.78, 5) is 2.21. The maximum atomic E-state index is 11.2. The summed E-state index contributed by atoms with van der Waals surface area (Å²) >= 11 is 0.824. The van der Waals surface area contributed by atoms with Gasteiger partial charge < -0.3 is 4.55 Å². The van der Waals surface area contributed by atoms with E-state index >= 15 is 0 Å². The lowest BCUT2D eigenvalue weighted by Gasteiger charge is -1.99. The van der Waals surface area contributed by atoms with Crippen LogP contribution in [-0.4, -0.2) is 10.8 Å². The number of benzene rings is 1. The lowest BCUT2D eigenvalue weighted by atomic mass is 10.1. The molecule has 0 saturated heterocycles. The fourth-order valence-corrected chi connectivity index (χ4v) is 3.25. The van der Waals surface area contributed by atoms with Crippen LogP contribution in [0.3, 0.4) is 0 Å². The Balaban J connectivity index is 2.12. The van der Waals surface area contributed by atoms with Crippen LogP contribution in [0.5, 0.6) is 0 Å². The van der Waals surface area contributed by atoms with Crippen molar-refractivity contribution < 1.29 is 4.55 Å². The first kappa shape index (κ1) is 10.7. The molecule has 0 bridgehead atoms. The smallest absolute Gasteiger partial charge is 0.163 e. The van der Waals surface area contributed by atoms with Crippen LogP contribution >= 0.6 is 11.3 Å². The van der Waals surface area contributed by atoms with Crippen molar-refractivity contribution in [2.24, 2.45) is 0 Å². The van der Waals surface area contributed by atoms with Crippen LogP contribution in [0.4, 0.5) is 0 Å². The van der Waals surface area contributed by atoms with Gasteiger partial charge >= 0.3 is 0 Å². The summed E-state index contributed by atoms with van der Waals surface area (Å²) in [5, 5.41) is 1.98. The number of hydrogen-bond acceptors (Lipinski definition) is 2. The quantitative estimate of drug-likeness (QED) is 0.751. The summed E-state index contributed by atoms with van der Waals surface area (Å²) < 4.78 is 11.2. The van der Waals surface area contributed by atoms with E-state index in [1.807, 2.05) is 29.6 Å². The molecule has 0 spiro atoms. The second-order valence-electron chi connectivity index (χ2n) is 3.37. The van der Waals surface area contributed by atoms with Crippen molar-refractivity contribution in [2.45, 2.75) is 11.3 Å². The molecule has 0 radical (unpaired) electrons. The van der Waals surface area contributed by atoms with Crippen molar-refractivity contribution >= 4 is 22.5 Å². The maximum Gasteiger partial charge on any atom is 0.163 e. The predicted molar refractivity (Wildman–Crippen MR) is 65.9 cm³/mol. The van der Waals surface area contributed by atoms with Gasteiger partial charge in [-0.3, -0.25) is 0 Å². The Kier molecular flexibility index (Phi) is 3.46. The molecule has 1 atom stereocenters. The third-order valence-electron chi connectivity index (χ3n) is 2.18. The first-order valence-electron chi connectivity index (χ1n) is 4.70. The van der Waals surface area contributed by atoms with Crippen LogP contribution in [0, 0.1) is 0 Å². The topological polar surface area (TPSA) is 23.1 Å². The van der Waals surface area contributed by atoms with Crippen LogP contribution in [-0.2, 0) is 17.6 Å². The van der Waals surface area contributed by atoms with E-state index in [0.717, 1.165) is 11.3 Å². The van der Waals surface area contributed by atoms with Crippen LogP contribution in [0.15, 0.2) is 46.7 Å². The molecule has 0 aliphatic carbocycles. The molecule has 1 heterocycles. The van der Waals surface area contributed by atoms with E-state index in [0.29, 0.717) is 0 Å². The average molecular weight is 236 g/mol. The first-order valence-corrected chi connectivity index (χ1v) is 7.14. The largest absolute Gasteiger partial charge is 0.612 e. The fraction of sp³-hybridized carbons (Fsp3) is 0.167. The summed E-state index contributed by atoms with van der Waals surface area (Å²) in [5.74, 6) is 0. The zero-order valence-corrected chi connectivity index (χ0v) is 10.1.